The fourth-order valence-corrected chi connectivity index (χ4v) is 2.50. The number of nitrogens with zero attached hydrogens (tertiary/aromatic N) is 1. The van der Waals surface area contributed by atoms with Gasteiger partial charge in [-0.15, -0.1) is 0 Å². The van der Waals surface area contributed by atoms with Gasteiger partial charge < -0.3 is 15.0 Å². The lowest BCUT2D eigenvalue weighted by Gasteiger charge is -2.45. The smallest absolute Gasteiger partial charge is 0.307 e. The van der Waals surface area contributed by atoms with Crippen LogP contribution >= 0.6 is 0 Å². The third kappa shape index (κ3) is 3.37. The summed E-state index contributed by atoms with van der Waals surface area (Å²) < 4.78 is 31.0. The van der Waals surface area contributed by atoms with Crippen LogP contribution in [0.15, 0.2) is 18.2 Å². The molecule has 1 fully saturated rings. The number of rotatable bonds is 5. The number of carbonyl (C=O) groups excluding carboxylic acids is 3. The molecule has 1 aliphatic rings. The first-order valence-electron chi connectivity index (χ1n) is 7.33. The highest BCUT2D eigenvalue weighted by Gasteiger charge is 2.54. The molecular weight excluding hydrogens is 322 g/mol. The number of nitrogens with one attached hydrogen (secondary N) is 1. The molecule has 0 aliphatic carbocycles. The minimum atomic E-state index is -1.34. The van der Waals surface area contributed by atoms with Gasteiger partial charge in [-0.1, -0.05) is 0 Å². The second-order valence-electron chi connectivity index (χ2n) is 6.01. The first kappa shape index (κ1) is 17.8. The first-order valence-corrected chi connectivity index (χ1v) is 7.33. The van der Waals surface area contributed by atoms with Crippen molar-refractivity contribution in [3.63, 3.8) is 0 Å². The maximum absolute atomic E-state index is 13.3. The third-order valence-electron chi connectivity index (χ3n) is 3.93. The summed E-state index contributed by atoms with van der Waals surface area (Å²) in [5.74, 6) is -3.19. The van der Waals surface area contributed by atoms with Crippen LogP contribution in [0.5, 0.6) is 0 Å². The van der Waals surface area contributed by atoms with E-state index in [4.69, 9.17) is 0 Å². The lowest BCUT2D eigenvalue weighted by molar-refractivity contribution is -0.146. The van der Waals surface area contributed by atoms with Crippen molar-refractivity contribution < 1.29 is 27.9 Å². The highest BCUT2D eigenvalue weighted by atomic mass is 19.1. The molecule has 2 atom stereocenters. The Morgan fingerprint density at radius 1 is 1.33 bits per heavy atom. The molecule has 1 aromatic rings. The van der Waals surface area contributed by atoms with Gasteiger partial charge in [0.05, 0.1) is 13.5 Å². The summed E-state index contributed by atoms with van der Waals surface area (Å²) >= 11 is 0. The SMILES string of the molecule is COC(=O)C[C@H](C)NC(=O)C1(C)CN(c2cc(F)cc(F)c2)C1=O. The molecular formula is C16H18F2N2O4. The number of methoxy groups -OCH3 is 1. The van der Waals surface area contributed by atoms with Gasteiger partial charge in [0.2, 0.25) is 11.8 Å². The third-order valence-corrected chi connectivity index (χ3v) is 3.93. The van der Waals surface area contributed by atoms with E-state index >= 15 is 0 Å². The second-order valence-corrected chi connectivity index (χ2v) is 6.01. The average Bonchev–Trinajstić information content (AvgIpc) is 2.50. The molecule has 1 aromatic carbocycles. The number of anilines is 1. The Labute approximate surface area is 137 Å². The minimum Gasteiger partial charge on any atom is -0.469 e. The summed E-state index contributed by atoms with van der Waals surface area (Å²) in [7, 11) is 1.24. The van der Waals surface area contributed by atoms with Gasteiger partial charge in [-0.05, 0) is 26.0 Å². The predicted octanol–water partition coefficient (Wildman–Crippen LogP) is 1.39. The molecule has 130 valence electrons. The van der Waals surface area contributed by atoms with Gasteiger partial charge >= 0.3 is 5.97 Å². The predicted molar refractivity (Wildman–Crippen MR) is 81.1 cm³/mol. The summed E-state index contributed by atoms with van der Waals surface area (Å²) in [6.07, 6.45) is -0.0225. The Balaban J connectivity index is 2.04. The molecule has 2 rings (SSSR count). The Kier molecular flexibility index (Phi) is 4.86. The van der Waals surface area contributed by atoms with Crippen LogP contribution in [0.1, 0.15) is 20.3 Å². The molecule has 1 unspecified atom stereocenters. The maximum atomic E-state index is 13.3. The second kappa shape index (κ2) is 6.54. The average molecular weight is 340 g/mol. The van der Waals surface area contributed by atoms with Crippen LogP contribution in [0.25, 0.3) is 0 Å². The van der Waals surface area contributed by atoms with Crippen LogP contribution in [0.3, 0.4) is 0 Å². The molecule has 1 aliphatic heterocycles. The summed E-state index contributed by atoms with van der Waals surface area (Å²) in [4.78, 5) is 36.9. The molecule has 0 saturated carbocycles. The summed E-state index contributed by atoms with van der Waals surface area (Å²) in [5.41, 5.74) is -1.28. The number of amides is 2. The molecule has 1 N–H and O–H groups in total. The standard InChI is InChI=1S/C16H18F2N2O4/c1-9(4-13(21)24-3)19-14(22)16(2)8-20(15(16)23)12-6-10(17)5-11(18)7-12/h5-7,9H,4,8H2,1-3H3,(H,19,22)/t9-,16?/m0/s1. The molecule has 0 bridgehead atoms. The Morgan fingerprint density at radius 3 is 2.42 bits per heavy atom. The Bertz CT molecular complexity index is 674. The number of carbonyl (C=O) groups is 3. The quantitative estimate of drug-likeness (QED) is 0.499. The molecule has 0 spiro atoms. The molecule has 1 saturated heterocycles. The van der Waals surface area contributed by atoms with Crippen LogP contribution in [-0.2, 0) is 19.1 Å². The fraction of sp³-hybridized carbons (Fsp3) is 0.438. The number of halogens is 2. The van der Waals surface area contributed by atoms with Crippen LogP contribution in [-0.4, -0.2) is 37.5 Å². The van der Waals surface area contributed by atoms with Gasteiger partial charge in [0.25, 0.3) is 0 Å². The van der Waals surface area contributed by atoms with Crippen LogP contribution in [0.2, 0.25) is 0 Å². The van der Waals surface area contributed by atoms with Crippen LogP contribution < -0.4 is 10.2 Å². The summed E-state index contributed by atoms with van der Waals surface area (Å²) in [6, 6.07) is 2.25. The number of esters is 1. The van der Waals surface area contributed by atoms with Crippen molar-refractivity contribution in [3.8, 4) is 0 Å². The van der Waals surface area contributed by atoms with Crippen molar-refractivity contribution in [2.24, 2.45) is 5.41 Å². The molecule has 24 heavy (non-hydrogen) atoms. The maximum Gasteiger partial charge on any atom is 0.307 e. The van der Waals surface area contributed by atoms with E-state index in [1.54, 1.807) is 6.92 Å². The van der Waals surface area contributed by atoms with E-state index in [2.05, 4.69) is 10.1 Å². The summed E-state index contributed by atoms with van der Waals surface area (Å²) in [6.45, 7) is 3.05. The van der Waals surface area contributed by atoms with E-state index in [-0.39, 0.29) is 18.7 Å². The zero-order valence-corrected chi connectivity index (χ0v) is 13.6. The topological polar surface area (TPSA) is 75.7 Å². The Hall–Kier alpha value is -2.51. The van der Waals surface area contributed by atoms with Gasteiger partial charge in [-0.25, -0.2) is 8.78 Å². The van der Waals surface area contributed by atoms with Crippen LogP contribution in [0, 0.1) is 17.0 Å². The van der Waals surface area contributed by atoms with Gasteiger partial charge in [0.1, 0.15) is 17.0 Å². The number of hydrogen-bond donors (Lipinski definition) is 1. The lowest BCUT2D eigenvalue weighted by atomic mass is 9.79. The van der Waals surface area contributed by atoms with Crippen molar-refractivity contribution >= 4 is 23.5 Å². The zero-order chi connectivity index (χ0) is 18.1. The van der Waals surface area contributed by atoms with E-state index in [0.29, 0.717) is 6.07 Å². The lowest BCUT2D eigenvalue weighted by Crippen LogP contribution is -2.67. The molecule has 2 amide bonds. The number of hydrogen-bond acceptors (Lipinski definition) is 4. The molecule has 1 heterocycles. The monoisotopic (exact) mass is 340 g/mol. The zero-order valence-electron chi connectivity index (χ0n) is 13.6. The van der Waals surface area contributed by atoms with Crippen molar-refractivity contribution in [1.29, 1.82) is 0 Å². The van der Waals surface area contributed by atoms with Crippen molar-refractivity contribution in [2.75, 3.05) is 18.6 Å². The van der Waals surface area contributed by atoms with Gasteiger partial charge in [-0.2, -0.15) is 0 Å². The van der Waals surface area contributed by atoms with E-state index in [0.717, 1.165) is 17.0 Å². The molecule has 8 heteroatoms. The molecule has 0 aromatic heterocycles. The van der Waals surface area contributed by atoms with Crippen LogP contribution in [0.4, 0.5) is 14.5 Å². The fourth-order valence-electron chi connectivity index (χ4n) is 2.50. The van der Waals surface area contributed by atoms with Crippen molar-refractivity contribution in [1.82, 2.24) is 5.32 Å². The van der Waals surface area contributed by atoms with Gasteiger partial charge in [0, 0.05) is 24.3 Å². The highest BCUT2D eigenvalue weighted by Crippen LogP contribution is 2.36. The van der Waals surface area contributed by atoms with Crippen molar-refractivity contribution in [3.05, 3.63) is 29.8 Å². The Morgan fingerprint density at radius 2 is 1.92 bits per heavy atom. The number of β-lactam (4-membered cyclic amide) rings is 1. The molecule has 6 nitrogen and oxygen atoms in total. The van der Waals surface area contributed by atoms with E-state index in [9.17, 15) is 23.2 Å². The van der Waals surface area contributed by atoms with E-state index in [1.807, 2.05) is 0 Å². The normalized spacial score (nSPS) is 21.0. The largest absolute Gasteiger partial charge is 0.469 e. The van der Waals surface area contributed by atoms with Gasteiger partial charge in [0.15, 0.2) is 0 Å². The van der Waals surface area contributed by atoms with Gasteiger partial charge in [-0.3, -0.25) is 14.4 Å². The van der Waals surface area contributed by atoms with E-state index in [1.165, 1.54) is 14.0 Å². The number of benzene rings is 1. The van der Waals surface area contributed by atoms with E-state index < -0.39 is 40.9 Å². The first-order chi connectivity index (χ1) is 11.2. The minimum absolute atomic E-state index is 0.00843. The highest BCUT2D eigenvalue weighted by molar-refractivity contribution is 6.17. The van der Waals surface area contributed by atoms with Crippen molar-refractivity contribution in [2.45, 2.75) is 26.3 Å². The number of ether oxygens (including phenoxy) is 1. The molecule has 0 radical (unpaired) electrons. The summed E-state index contributed by atoms with van der Waals surface area (Å²) in [5, 5.41) is 2.58.